The number of rotatable bonds is 4. The van der Waals surface area contributed by atoms with Crippen LogP contribution >= 0.6 is 0 Å². The van der Waals surface area contributed by atoms with E-state index in [0.29, 0.717) is 62.4 Å². The summed E-state index contributed by atoms with van der Waals surface area (Å²) in [5.41, 5.74) is 2.87. The minimum atomic E-state index is -5.06. The van der Waals surface area contributed by atoms with Crippen molar-refractivity contribution in [3.63, 3.8) is 0 Å². The zero-order valence-corrected chi connectivity index (χ0v) is 29.8. The van der Waals surface area contributed by atoms with Crippen molar-refractivity contribution in [2.75, 3.05) is 0 Å². The minimum absolute atomic E-state index is 0.0825. The van der Waals surface area contributed by atoms with Crippen molar-refractivity contribution in [1.29, 1.82) is 15.8 Å². The number of alkyl halides is 6. The fraction of sp³-hybridized carbons (Fsp3) is 0.0426. The number of nitrogens with zero attached hydrogens (tertiary/aromatic N) is 5. The van der Waals surface area contributed by atoms with Crippen LogP contribution in [0.4, 0.5) is 26.3 Å². The van der Waals surface area contributed by atoms with Crippen LogP contribution < -0.4 is 0 Å². The van der Waals surface area contributed by atoms with Crippen LogP contribution in [0.3, 0.4) is 0 Å². The lowest BCUT2D eigenvalue weighted by molar-refractivity contribution is -0.143. The summed E-state index contributed by atoms with van der Waals surface area (Å²) in [4.78, 5) is 0. The van der Waals surface area contributed by atoms with Gasteiger partial charge in [-0.05, 0) is 102 Å². The molecule has 0 fully saturated rings. The highest BCUT2D eigenvalue weighted by molar-refractivity contribution is 6.12. The highest BCUT2D eigenvalue weighted by atomic mass is 19.4. The highest BCUT2D eigenvalue weighted by Gasteiger charge is 2.37. The Kier molecular flexibility index (Phi) is 8.13. The van der Waals surface area contributed by atoms with E-state index < -0.39 is 23.5 Å². The number of para-hydroxylation sites is 2. The molecule has 0 unspecified atom stereocenters. The Hall–Kier alpha value is -7.81. The first-order valence-corrected chi connectivity index (χ1v) is 17.7. The standard InChI is InChI=1S/C47H23F6N5/c48-46(49,50)32-20-31(21-33(23-32)47(51,52)53)30-12-16-44(57-40-7-3-1-5-34(40)37-17-27(24-54)10-14-42(37)57)39(22-30)36-13-9-29(26-56)19-45(36)58-41-8-4-2-6-35(41)38-18-28(25-55)11-15-43(38)58/h1-23H. The molecule has 278 valence electrons. The minimum Gasteiger partial charge on any atom is -0.309 e. The van der Waals surface area contributed by atoms with Gasteiger partial charge >= 0.3 is 12.4 Å². The van der Waals surface area contributed by atoms with Gasteiger partial charge in [-0.1, -0.05) is 48.5 Å². The van der Waals surface area contributed by atoms with Crippen LogP contribution in [0, 0.1) is 34.0 Å². The van der Waals surface area contributed by atoms with Gasteiger partial charge in [0.2, 0.25) is 0 Å². The number of nitriles is 3. The number of benzene rings is 7. The number of hydrogen-bond acceptors (Lipinski definition) is 3. The van der Waals surface area contributed by atoms with Gasteiger partial charge in [-0.25, -0.2) is 0 Å². The predicted octanol–water partition coefficient (Wildman–Crippen LogP) is 12.9. The average Bonchev–Trinajstić information content (AvgIpc) is 3.74. The van der Waals surface area contributed by atoms with Gasteiger partial charge in [-0.3, -0.25) is 0 Å². The van der Waals surface area contributed by atoms with E-state index in [1.807, 2.05) is 57.7 Å². The third-order valence-electron chi connectivity index (χ3n) is 10.4. The maximum Gasteiger partial charge on any atom is 0.416 e. The van der Waals surface area contributed by atoms with E-state index in [1.54, 1.807) is 66.7 Å². The van der Waals surface area contributed by atoms with Gasteiger partial charge in [0.25, 0.3) is 0 Å². The molecule has 2 heterocycles. The Morgan fingerprint density at radius 1 is 0.379 bits per heavy atom. The van der Waals surface area contributed by atoms with E-state index in [-0.39, 0.29) is 17.2 Å². The lowest BCUT2D eigenvalue weighted by atomic mass is 9.93. The van der Waals surface area contributed by atoms with Crippen molar-refractivity contribution in [2.45, 2.75) is 12.4 Å². The van der Waals surface area contributed by atoms with Crippen molar-refractivity contribution >= 4 is 43.6 Å². The molecule has 2 aromatic heterocycles. The van der Waals surface area contributed by atoms with Crippen LogP contribution in [0.1, 0.15) is 27.8 Å². The summed E-state index contributed by atoms with van der Waals surface area (Å²) in [6.07, 6.45) is -10.1. The molecule has 9 aromatic rings. The number of halogens is 6. The smallest absolute Gasteiger partial charge is 0.309 e. The van der Waals surface area contributed by atoms with E-state index in [9.17, 15) is 42.1 Å². The molecule has 0 aliphatic carbocycles. The molecule has 0 radical (unpaired) electrons. The third-order valence-corrected chi connectivity index (χ3v) is 10.4. The largest absolute Gasteiger partial charge is 0.416 e. The monoisotopic (exact) mass is 771 g/mol. The van der Waals surface area contributed by atoms with E-state index in [0.717, 1.165) is 32.6 Å². The van der Waals surface area contributed by atoms with Crippen molar-refractivity contribution in [2.24, 2.45) is 0 Å². The van der Waals surface area contributed by atoms with Gasteiger partial charge in [0, 0.05) is 32.7 Å². The first-order valence-electron chi connectivity index (χ1n) is 17.7. The van der Waals surface area contributed by atoms with E-state index >= 15 is 0 Å². The molecule has 0 bridgehead atoms. The van der Waals surface area contributed by atoms with Gasteiger partial charge in [-0.2, -0.15) is 42.1 Å². The Morgan fingerprint density at radius 3 is 1.36 bits per heavy atom. The van der Waals surface area contributed by atoms with Crippen molar-refractivity contribution in [1.82, 2.24) is 9.13 Å². The molecular formula is C47H23F6N5. The number of aromatic nitrogens is 2. The molecule has 9 rings (SSSR count). The van der Waals surface area contributed by atoms with E-state index in [4.69, 9.17) is 0 Å². The Labute approximate surface area is 325 Å². The Bertz CT molecular complexity index is 3280. The second-order valence-electron chi connectivity index (χ2n) is 13.8. The van der Waals surface area contributed by atoms with E-state index in [1.165, 1.54) is 6.07 Å². The molecule has 0 aliphatic rings. The SMILES string of the molecule is N#Cc1ccc(-c2cc(-c3cc(C(F)(F)F)cc(C(F)(F)F)c3)ccc2-n2c3ccccc3c3cc(C#N)ccc32)c(-n2c3ccccc3c3cc(C#N)ccc32)c1. The van der Waals surface area contributed by atoms with Crippen molar-refractivity contribution < 1.29 is 26.3 Å². The normalized spacial score (nSPS) is 11.9. The summed E-state index contributed by atoms with van der Waals surface area (Å²) in [6.45, 7) is 0. The molecule has 0 N–H and O–H groups in total. The molecule has 58 heavy (non-hydrogen) atoms. The highest BCUT2D eigenvalue weighted by Crippen LogP contribution is 2.44. The summed E-state index contributed by atoms with van der Waals surface area (Å²) < 4.78 is 88.8. The number of fused-ring (bicyclic) bond motifs is 6. The lowest BCUT2D eigenvalue weighted by Gasteiger charge is -2.20. The zero-order chi connectivity index (χ0) is 40.5. The van der Waals surface area contributed by atoms with Crippen LogP contribution in [-0.2, 0) is 12.4 Å². The lowest BCUT2D eigenvalue weighted by Crippen LogP contribution is -2.11. The van der Waals surface area contributed by atoms with Gasteiger partial charge in [0.05, 0.1) is 79.5 Å². The Morgan fingerprint density at radius 2 is 0.845 bits per heavy atom. The van der Waals surface area contributed by atoms with Crippen LogP contribution in [0.15, 0.2) is 140 Å². The summed E-state index contributed by atoms with van der Waals surface area (Å²) in [6, 6.07) is 43.3. The van der Waals surface area contributed by atoms with Crippen molar-refractivity contribution in [3.8, 4) is 51.8 Å². The third kappa shape index (κ3) is 5.79. The van der Waals surface area contributed by atoms with Gasteiger partial charge in [0.1, 0.15) is 0 Å². The second-order valence-corrected chi connectivity index (χ2v) is 13.8. The fourth-order valence-electron chi connectivity index (χ4n) is 7.87. The maximum absolute atomic E-state index is 14.1. The summed E-state index contributed by atoms with van der Waals surface area (Å²) in [7, 11) is 0. The zero-order valence-electron chi connectivity index (χ0n) is 29.8. The molecule has 0 saturated carbocycles. The molecule has 0 amide bonds. The Balaban J connectivity index is 1.42. The van der Waals surface area contributed by atoms with Gasteiger partial charge < -0.3 is 9.13 Å². The van der Waals surface area contributed by atoms with Crippen LogP contribution in [-0.4, -0.2) is 9.13 Å². The van der Waals surface area contributed by atoms with E-state index in [2.05, 4.69) is 18.2 Å². The van der Waals surface area contributed by atoms with Crippen molar-refractivity contribution in [3.05, 3.63) is 167 Å². The second kappa shape index (κ2) is 13.2. The predicted molar refractivity (Wildman–Crippen MR) is 210 cm³/mol. The molecule has 11 heteroatoms. The van der Waals surface area contributed by atoms with Crippen LogP contribution in [0.2, 0.25) is 0 Å². The van der Waals surface area contributed by atoms with Gasteiger partial charge in [-0.15, -0.1) is 0 Å². The quantitative estimate of drug-likeness (QED) is 0.167. The topological polar surface area (TPSA) is 81.2 Å². The maximum atomic E-state index is 14.1. The van der Waals surface area contributed by atoms with Crippen LogP contribution in [0.5, 0.6) is 0 Å². The van der Waals surface area contributed by atoms with Gasteiger partial charge in [0.15, 0.2) is 0 Å². The first kappa shape index (κ1) is 35.9. The summed E-state index contributed by atoms with van der Waals surface area (Å²) in [5.74, 6) is 0. The molecular weight excluding hydrogens is 749 g/mol. The summed E-state index contributed by atoms with van der Waals surface area (Å²) in [5, 5.41) is 32.8. The molecule has 5 nitrogen and oxygen atoms in total. The molecule has 7 aromatic carbocycles. The molecule has 0 saturated heterocycles. The molecule has 0 atom stereocenters. The average molecular weight is 772 g/mol. The number of hydrogen-bond donors (Lipinski definition) is 0. The first-order chi connectivity index (χ1) is 27.9. The molecule has 0 aliphatic heterocycles. The molecule has 0 spiro atoms. The van der Waals surface area contributed by atoms with Crippen LogP contribution in [0.25, 0.3) is 77.2 Å². The fourth-order valence-corrected chi connectivity index (χ4v) is 7.87. The summed E-state index contributed by atoms with van der Waals surface area (Å²) >= 11 is 0.